The van der Waals surface area contributed by atoms with Crippen LogP contribution in [0.3, 0.4) is 0 Å². The maximum absolute atomic E-state index is 6.21. The molecule has 0 saturated carbocycles. The van der Waals surface area contributed by atoms with Crippen LogP contribution in [-0.4, -0.2) is 30.6 Å². The predicted octanol–water partition coefficient (Wildman–Crippen LogP) is 2.87. The molecule has 0 radical (unpaired) electrons. The van der Waals surface area contributed by atoms with Gasteiger partial charge in [0.05, 0.1) is 0 Å². The largest absolute Gasteiger partial charge is 0.326 e. The van der Waals surface area contributed by atoms with Gasteiger partial charge in [0.25, 0.3) is 0 Å². The summed E-state index contributed by atoms with van der Waals surface area (Å²) in [5.41, 5.74) is 6.21. The summed E-state index contributed by atoms with van der Waals surface area (Å²) in [6.45, 7) is 10.5. The fraction of sp³-hybridized carbons (Fsp3) is 1.00. The molecule has 0 aromatic carbocycles. The Balaban J connectivity index is 2.21. The van der Waals surface area contributed by atoms with Crippen LogP contribution in [0.1, 0.15) is 52.9 Å². The minimum Gasteiger partial charge on any atom is -0.326 e. The number of hydrogen-bond donors (Lipinski definition) is 1. The van der Waals surface area contributed by atoms with Gasteiger partial charge in [-0.1, -0.05) is 40.0 Å². The second kappa shape index (κ2) is 7.29. The van der Waals surface area contributed by atoms with E-state index in [0.29, 0.717) is 12.0 Å². The van der Waals surface area contributed by atoms with Gasteiger partial charge in [0.1, 0.15) is 0 Å². The Morgan fingerprint density at radius 3 is 2.38 bits per heavy atom. The molecule has 0 amide bonds. The lowest BCUT2D eigenvalue weighted by molar-refractivity contribution is 0.159. The molecule has 0 aromatic heterocycles. The molecule has 1 heterocycles. The molecular weight excluding hydrogens is 196 g/mol. The SMILES string of the molecule is CCCC1CCN(CC(N)C(C)CC)CC1. The zero-order valence-electron chi connectivity index (χ0n) is 11.4. The van der Waals surface area contributed by atoms with E-state index in [4.69, 9.17) is 5.73 Å². The minimum atomic E-state index is 0.368. The van der Waals surface area contributed by atoms with Gasteiger partial charge in [-0.15, -0.1) is 0 Å². The van der Waals surface area contributed by atoms with Crippen molar-refractivity contribution in [1.82, 2.24) is 4.90 Å². The molecule has 0 aromatic rings. The first-order valence-corrected chi connectivity index (χ1v) is 7.15. The van der Waals surface area contributed by atoms with E-state index in [-0.39, 0.29) is 0 Å². The van der Waals surface area contributed by atoms with Crippen molar-refractivity contribution in [3.8, 4) is 0 Å². The first-order chi connectivity index (χ1) is 7.67. The van der Waals surface area contributed by atoms with E-state index in [2.05, 4.69) is 25.7 Å². The highest BCUT2D eigenvalue weighted by atomic mass is 15.1. The average molecular weight is 226 g/mol. The molecule has 2 atom stereocenters. The zero-order valence-corrected chi connectivity index (χ0v) is 11.4. The summed E-state index contributed by atoms with van der Waals surface area (Å²) in [4.78, 5) is 2.57. The maximum Gasteiger partial charge on any atom is 0.0193 e. The normalized spacial score (nSPS) is 23.2. The Morgan fingerprint density at radius 2 is 1.88 bits per heavy atom. The van der Waals surface area contributed by atoms with Crippen LogP contribution in [0.4, 0.5) is 0 Å². The van der Waals surface area contributed by atoms with E-state index in [9.17, 15) is 0 Å². The van der Waals surface area contributed by atoms with Gasteiger partial charge in [0, 0.05) is 12.6 Å². The minimum absolute atomic E-state index is 0.368. The highest BCUT2D eigenvalue weighted by Crippen LogP contribution is 2.22. The summed E-state index contributed by atoms with van der Waals surface area (Å²) in [5.74, 6) is 1.65. The van der Waals surface area contributed by atoms with Gasteiger partial charge in [-0.25, -0.2) is 0 Å². The highest BCUT2D eigenvalue weighted by Gasteiger charge is 2.21. The molecule has 1 fully saturated rings. The van der Waals surface area contributed by atoms with Crippen molar-refractivity contribution in [2.75, 3.05) is 19.6 Å². The van der Waals surface area contributed by atoms with Crippen LogP contribution >= 0.6 is 0 Å². The van der Waals surface area contributed by atoms with Gasteiger partial charge >= 0.3 is 0 Å². The molecule has 16 heavy (non-hydrogen) atoms. The fourth-order valence-corrected chi connectivity index (χ4v) is 2.65. The summed E-state index contributed by atoms with van der Waals surface area (Å²) in [6, 6.07) is 0.368. The van der Waals surface area contributed by atoms with E-state index in [0.717, 1.165) is 12.5 Å². The van der Waals surface area contributed by atoms with E-state index in [1.165, 1.54) is 45.2 Å². The number of nitrogens with two attached hydrogens (primary N) is 1. The molecule has 2 heteroatoms. The standard InChI is InChI=1S/C14H30N2/c1-4-6-13-7-9-16(10-8-13)11-14(15)12(3)5-2/h12-14H,4-11,15H2,1-3H3. The molecule has 2 unspecified atom stereocenters. The van der Waals surface area contributed by atoms with Crippen molar-refractivity contribution in [2.24, 2.45) is 17.6 Å². The van der Waals surface area contributed by atoms with Crippen LogP contribution < -0.4 is 5.73 Å². The quantitative estimate of drug-likeness (QED) is 0.754. The zero-order chi connectivity index (χ0) is 12.0. The van der Waals surface area contributed by atoms with Crippen molar-refractivity contribution in [2.45, 2.75) is 58.9 Å². The Bertz CT molecular complexity index is 174. The van der Waals surface area contributed by atoms with Crippen molar-refractivity contribution in [1.29, 1.82) is 0 Å². The van der Waals surface area contributed by atoms with E-state index >= 15 is 0 Å². The second-order valence-corrected chi connectivity index (χ2v) is 5.58. The first-order valence-electron chi connectivity index (χ1n) is 7.15. The number of nitrogens with zero attached hydrogens (tertiary/aromatic N) is 1. The summed E-state index contributed by atoms with van der Waals surface area (Å²) in [5, 5.41) is 0. The van der Waals surface area contributed by atoms with E-state index in [1.807, 2.05) is 0 Å². The van der Waals surface area contributed by atoms with Crippen LogP contribution in [0, 0.1) is 11.8 Å². The average Bonchev–Trinajstić information content (AvgIpc) is 2.31. The smallest absolute Gasteiger partial charge is 0.0193 e. The van der Waals surface area contributed by atoms with Crippen molar-refractivity contribution in [3.63, 3.8) is 0 Å². The molecule has 0 bridgehead atoms. The van der Waals surface area contributed by atoms with Crippen LogP contribution in [0.5, 0.6) is 0 Å². The Hall–Kier alpha value is -0.0800. The summed E-state index contributed by atoms with van der Waals surface area (Å²) in [7, 11) is 0. The number of rotatable bonds is 6. The molecule has 0 spiro atoms. The summed E-state index contributed by atoms with van der Waals surface area (Å²) < 4.78 is 0. The van der Waals surface area contributed by atoms with Crippen LogP contribution in [-0.2, 0) is 0 Å². The summed E-state index contributed by atoms with van der Waals surface area (Å²) in [6.07, 6.45) is 6.75. The van der Waals surface area contributed by atoms with Crippen LogP contribution in [0.15, 0.2) is 0 Å². The third-order valence-corrected chi connectivity index (χ3v) is 4.25. The van der Waals surface area contributed by atoms with Gasteiger partial charge < -0.3 is 10.6 Å². The fourth-order valence-electron chi connectivity index (χ4n) is 2.65. The molecule has 2 nitrogen and oxygen atoms in total. The van der Waals surface area contributed by atoms with Crippen molar-refractivity contribution >= 4 is 0 Å². The van der Waals surface area contributed by atoms with Gasteiger partial charge in [0.2, 0.25) is 0 Å². The molecule has 0 aliphatic carbocycles. The summed E-state index contributed by atoms with van der Waals surface area (Å²) >= 11 is 0. The predicted molar refractivity (Wildman–Crippen MR) is 71.5 cm³/mol. The molecule has 96 valence electrons. The highest BCUT2D eigenvalue weighted by molar-refractivity contribution is 4.77. The maximum atomic E-state index is 6.21. The third-order valence-electron chi connectivity index (χ3n) is 4.25. The molecule has 1 aliphatic heterocycles. The van der Waals surface area contributed by atoms with Crippen LogP contribution in [0.25, 0.3) is 0 Å². The number of likely N-dealkylation sites (tertiary alicyclic amines) is 1. The lowest BCUT2D eigenvalue weighted by Gasteiger charge is -2.34. The monoisotopic (exact) mass is 226 g/mol. The lowest BCUT2D eigenvalue weighted by atomic mass is 9.91. The molecule has 1 rings (SSSR count). The van der Waals surface area contributed by atoms with Gasteiger partial charge in [-0.3, -0.25) is 0 Å². The molecule has 2 N–H and O–H groups in total. The number of hydrogen-bond acceptors (Lipinski definition) is 2. The Labute approximate surface area is 102 Å². The van der Waals surface area contributed by atoms with Crippen molar-refractivity contribution in [3.05, 3.63) is 0 Å². The molecule has 1 aliphatic rings. The Kier molecular flexibility index (Phi) is 6.37. The van der Waals surface area contributed by atoms with Gasteiger partial charge in [0.15, 0.2) is 0 Å². The Morgan fingerprint density at radius 1 is 1.25 bits per heavy atom. The van der Waals surface area contributed by atoms with Crippen molar-refractivity contribution < 1.29 is 0 Å². The first kappa shape index (κ1) is 14.0. The van der Waals surface area contributed by atoms with E-state index in [1.54, 1.807) is 0 Å². The number of piperidine rings is 1. The lowest BCUT2D eigenvalue weighted by Crippen LogP contribution is -2.44. The van der Waals surface area contributed by atoms with Gasteiger partial charge in [-0.2, -0.15) is 0 Å². The second-order valence-electron chi connectivity index (χ2n) is 5.58. The molecular formula is C14H30N2. The van der Waals surface area contributed by atoms with Crippen LogP contribution in [0.2, 0.25) is 0 Å². The molecule has 1 saturated heterocycles. The van der Waals surface area contributed by atoms with E-state index < -0.39 is 0 Å². The topological polar surface area (TPSA) is 29.3 Å². The van der Waals surface area contributed by atoms with Gasteiger partial charge in [-0.05, 0) is 37.8 Å². The third kappa shape index (κ3) is 4.42.